The van der Waals surface area contributed by atoms with Gasteiger partial charge < -0.3 is 14.6 Å². The molecule has 0 saturated carbocycles. The molecule has 0 unspecified atom stereocenters. The van der Waals surface area contributed by atoms with Crippen LogP contribution in [0.5, 0.6) is 0 Å². The van der Waals surface area contributed by atoms with E-state index in [1.807, 2.05) is 51.4 Å². The minimum absolute atomic E-state index is 0.0328. The summed E-state index contributed by atoms with van der Waals surface area (Å²) in [6.45, 7) is 8.60. The van der Waals surface area contributed by atoms with Crippen LogP contribution in [0.15, 0.2) is 52.6 Å². The number of hydrogen-bond acceptors (Lipinski definition) is 5. The number of rotatable bonds is 7. The molecule has 2 amide bonds. The smallest absolute Gasteiger partial charge is 0.243 e. The van der Waals surface area contributed by atoms with Gasteiger partial charge in [0.1, 0.15) is 11.8 Å². The average Bonchev–Trinajstić information content (AvgIpc) is 3.55. The van der Waals surface area contributed by atoms with Gasteiger partial charge in [-0.05, 0) is 55.9 Å². The molecular formula is C26H31N3O3S. The van der Waals surface area contributed by atoms with Crippen LogP contribution >= 0.6 is 11.3 Å². The van der Waals surface area contributed by atoms with Crippen LogP contribution in [-0.2, 0) is 9.59 Å². The lowest BCUT2D eigenvalue weighted by atomic mass is 9.91. The number of carbonyl (C=O) groups excluding carboxylic acids is 2. The lowest BCUT2D eigenvalue weighted by Crippen LogP contribution is -2.48. The zero-order valence-corrected chi connectivity index (χ0v) is 20.4. The first kappa shape index (κ1) is 23.2. The second-order valence-corrected chi connectivity index (χ2v) is 9.90. The van der Waals surface area contributed by atoms with Crippen molar-refractivity contribution in [2.45, 2.75) is 58.5 Å². The third-order valence-electron chi connectivity index (χ3n) is 6.40. The predicted octanol–water partition coefficient (Wildman–Crippen LogP) is 5.32. The largest absolute Gasteiger partial charge is 0.469 e. The van der Waals surface area contributed by atoms with Crippen LogP contribution in [0.2, 0.25) is 0 Å². The molecule has 174 valence electrons. The summed E-state index contributed by atoms with van der Waals surface area (Å²) in [5, 5.41) is 3.13. The van der Waals surface area contributed by atoms with E-state index in [0.29, 0.717) is 18.7 Å². The molecule has 0 aliphatic carbocycles. The second kappa shape index (κ2) is 9.91. The minimum atomic E-state index is -0.449. The Morgan fingerprint density at radius 3 is 2.55 bits per heavy atom. The summed E-state index contributed by atoms with van der Waals surface area (Å²) in [5.74, 6) is 0.221. The third-order valence-corrected chi connectivity index (χ3v) is 7.38. The first-order chi connectivity index (χ1) is 15.9. The van der Waals surface area contributed by atoms with E-state index in [9.17, 15) is 9.59 Å². The average molecular weight is 466 g/mol. The SMILES string of the molecule is Cc1ncsc1-c1ccc([C@H](C)NC(=O)[C@@H]2CCCN2C(=O)[C@@H](c2ccco2)C(C)C)cc1. The second-order valence-electron chi connectivity index (χ2n) is 9.05. The van der Waals surface area contributed by atoms with E-state index in [0.717, 1.165) is 28.1 Å². The molecule has 1 aliphatic rings. The molecule has 3 heterocycles. The Hall–Kier alpha value is -2.93. The van der Waals surface area contributed by atoms with Crippen molar-refractivity contribution >= 4 is 23.2 Å². The van der Waals surface area contributed by atoms with Gasteiger partial charge in [0, 0.05) is 6.54 Å². The van der Waals surface area contributed by atoms with E-state index in [2.05, 4.69) is 22.4 Å². The monoisotopic (exact) mass is 465 g/mol. The number of likely N-dealkylation sites (tertiary alicyclic amines) is 1. The highest BCUT2D eigenvalue weighted by molar-refractivity contribution is 7.13. The third kappa shape index (κ3) is 4.88. The Kier molecular flexibility index (Phi) is 6.98. The van der Waals surface area contributed by atoms with Crippen molar-refractivity contribution in [2.75, 3.05) is 6.54 Å². The zero-order chi connectivity index (χ0) is 23.5. The van der Waals surface area contributed by atoms with E-state index in [4.69, 9.17) is 4.42 Å². The molecule has 1 aliphatic heterocycles. The molecule has 0 spiro atoms. The van der Waals surface area contributed by atoms with Gasteiger partial charge in [0.2, 0.25) is 11.8 Å². The van der Waals surface area contributed by atoms with E-state index < -0.39 is 6.04 Å². The Bertz CT molecular complexity index is 1090. The molecule has 1 saturated heterocycles. The fourth-order valence-electron chi connectivity index (χ4n) is 4.58. The van der Waals surface area contributed by atoms with Crippen molar-refractivity contribution in [2.24, 2.45) is 5.92 Å². The van der Waals surface area contributed by atoms with E-state index in [1.54, 1.807) is 28.6 Å². The summed E-state index contributed by atoms with van der Waals surface area (Å²) in [6.07, 6.45) is 3.09. The van der Waals surface area contributed by atoms with Crippen LogP contribution in [-0.4, -0.2) is 34.3 Å². The van der Waals surface area contributed by atoms with Crippen molar-refractivity contribution in [3.05, 3.63) is 65.2 Å². The lowest BCUT2D eigenvalue weighted by Gasteiger charge is -2.30. The van der Waals surface area contributed by atoms with Gasteiger partial charge in [0.05, 0.1) is 34.3 Å². The Labute approximate surface area is 199 Å². The van der Waals surface area contributed by atoms with Crippen molar-refractivity contribution < 1.29 is 14.0 Å². The number of benzene rings is 1. The summed E-state index contributed by atoms with van der Waals surface area (Å²) in [5.41, 5.74) is 5.03. The molecule has 7 heteroatoms. The molecule has 0 radical (unpaired) electrons. The number of aryl methyl sites for hydroxylation is 1. The summed E-state index contributed by atoms with van der Waals surface area (Å²) in [4.78, 5) is 33.8. The highest BCUT2D eigenvalue weighted by Crippen LogP contribution is 2.31. The van der Waals surface area contributed by atoms with Gasteiger partial charge in [-0.1, -0.05) is 38.1 Å². The van der Waals surface area contributed by atoms with Crippen molar-refractivity contribution in [3.63, 3.8) is 0 Å². The van der Waals surface area contributed by atoms with Crippen LogP contribution in [0.1, 0.15) is 62.6 Å². The summed E-state index contributed by atoms with van der Waals surface area (Å²) in [7, 11) is 0. The molecule has 6 nitrogen and oxygen atoms in total. The fraction of sp³-hybridized carbons (Fsp3) is 0.423. The van der Waals surface area contributed by atoms with Crippen LogP contribution in [0.4, 0.5) is 0 Å². The molecule has 4 rings (SSSR count). The quantitative estimate of drug-likeness (QED) is 0.512. The van der Waals surface area contributed by atoms with E-state index in [1.165, 1.54) is 0 Å². The highest BCUT2D eigenvalue weighted by atomic mass is 32.1. The minimum Gasteiger partial charge on any atom is -0.469 e. The molecule has 2 aromatic heterocycles. The Morgan fingerprint density at radius 1 is 1.18 bits per heavy atom. The molecular weight excluding hydrogens is 434 g/mol. The highest BCUT2D eigenvalue weighted by Gasteiger charge is 2.39. The summed E-state index contributed by atoms with van der Waals surface area (Å²) < 4.78 is 5.55. The predicted molar refractivity (Wildman–Crippen MR) is 130 cm³/mol. The number of hydrogen-bond donors (Lipinski definition) is 1. The number of nitrogens with zero attached hydrogens (tertiary/aromatic N) is 2. The van der Waals surface area contributed by atoms with E-state index >= 15 is 0 Å². The van der Waals surface area contributed by atoms with Gasteiger partial charge in [0.25, 0.3) is 0 Å². The van der Waals surface area contributed by atoms with Gasteiger partial charge in [-0.2, -0.15) is 0 Å². The van der Waals surface area contributed by atoms with Gasteiger partial charge in [-0.3, -0.25) is 9.59 Å². The Balaban J connectivity index is 1.44. The standard InChI is InChI=1S/C26H31N3O3S/c1-16(2)23(22-8-6-14-32-22)26(31)29-13-5-7-21(29)25(30)28-17(3)19-9-11-20(12-10-19)24-18(4)27-15-33-24/h6,8-12,14-17,21,23H,5,7,13H2,1-4H3,(H,28,30)/t17-,21-,23+/m0/s1. The maximum absolute atomic E-state index is 13.4. The lowest BCUT2D eigenvalue weighted by molar-refractivity contribution is -0.141. The van der Waals surface area contributed by atoms with Crippen LogP contribution in [0, 0.1) is 12.8 Å². The number of carbonyl (C=O) groups is 2. The normalized spacial score (nSPS) is 17.8. The number of thiazole rings is 1. The fourth-order valence-corrected chi connectivity index (χ4v) is 5.39. The maximum Gasteiger partial charge on any atom is 0.243 e. The molecule has 1 aromatic carbocycles. The van der Waals surface area contributed by atoms with E-state index in [-0.39, 0.29) is 29.7 Å². The van der Waals surface area contributed by atoms with Crippen LogP contribution in [0.25, 0.3) is 10.4 Å². The molecule has 3 aromatic rings. The topological polar surface area (TPSA) is 75.4 Å². The van der Waals surface area contributed by atoms with Gasteiger partial charge >= 0.3 is 0 Å². The summed E-state index contributed by atoms with van der Waals surface area (Å²) in [6, 6.07) is 11.3. The number of furan rings is 1. The van der Waals surface area contributed by atoms with Gasteiger partial charge in [-0.25, -0.2) is 4.98 Å². The number of amides is 2. The van der Waals surface area contributed by atoms with Gasteiger partial charge in [-0.15, -0.1) is 11.3 Å². The van der Waals surface area contributed by atoms with Crippen LogP contribution < -0.4 is 5.32 Å². The Morgan fingerprint density at radius 2 is 1.94 bits per heavy atom. The van der Waals surface area contributed by atoms with Gasteiger partial charge in [0.15, 0.2) is 0 Å². The zero-order valence-electron chi connectivity index (χ0n) is 19.6. The molecule has 1 N–H and O–H groups in total. The first-order valence-corrected chi connectivity index (χ1v) is 12.4. The number of aromatic nitrogens is 1. The number of nitrogens with one attached hydrogen (secondary N) is 1. The van der Waals surface area contributed by atoms with Crippen molar-refractivity contribution in [3.8, 4) is 10.4 Å². The molecule has 0 bridgehead atoms. The van der Waals surface area contributed by atoms with Crippen molar-refractivity contribution in [1.29, 1.82) is 0 Å². The van der Waals surface area contributed by atoms with Crippen LogP contribution in [0.3, 0.4) is 0 Å². The maximum atomic E-state index is 13.4. The molecule has 33 heavy (non-hydrogen) atoms. The first-order valence-electron chi connectivity index (χ1n) is 11.5. The molecule has 3 atom stereocenters. The van der Waals surface area contributed by atoms with Crippen molar-refractivity contribution in [1.82, 2.24) is 15.2 Å². The summed E-state index contributed by atoms with van der Waals surface area (Å²) >= 11 is 1.63. The molecule has 1 fully saturated rings.